The van der Waals surface area contributed by atoms with Crippen LogP contribution in [-0.2, 0) is 10.0 Å². The summed E-state index contributed by atoms with van der Waals surface area (Å²) in [5.41, 5.74) is 1.61. The highest BCUT2D eigenvalue weighted by Crippen LogP contribution is 2.28. The van der Waals surface area contributed by atoms with Gasteiger partial charge in [0.1, 0.15) is 5.15 Å². The van der Waals surface area contributed by atoms with Gasteiger partial charge < -0.3 is 0 Å². The second-order valence-electron chi connectivity index (χ2n) is 7.49. The molecule has 0 aliphatic heterocycles. The van der Waals surface area contributed by atoms with Gasteiger partial charge in [-0.25, -0.2) is 18.1 Å². The number of benzene rings is 2. The zero-order valence-corrected chi connectivity index (χ0v) is 19.2. The van der Waals surface area contributed by atoms with E-state index >= 15 is 0 Å². The Balaban J connectivity index is 1.74. The average Bonchev–Trinajstić information content (AvgIpc) is 3.23. The molecule has 0 aliphatic rings. The summed E-state index contributed by atoms with van der Waals surface area (Å²) >= 11 is 5.95. The molecule has 0 aliphatic carbocycles. The molecule has 0 saturated heterocycles. The van der Waals surface area contributed by atoms with Crippen LogP contribution in [0.2, 0.25) is 5.15 Å². The maximum atomic E-state index is 13.0. The van der Waals surface area contributed by atoms with Crippen molar-refractivity contribution >= 4 is 38.2 Å². The lowest BCUT2D eigenvalue weighted by atomic mass is 10.0. The minimum Gasteiger partial charge on any atom is -0.258 e. The van der Waals surface area contributed by atoms with E-state index in [1.807, 2.05) is 0 Å². The fourth-order valence-corrected chi connectivity index (χ4v) is 5.03. The van der Waals surface area contributed by atoms with Crippen molar-refractivity contribution in [1.29, 1.82) is 5.26 Å². The molecular formula is C22H17ClN6O4S. The van der Waals surface area contributed by atoms with Crippen LogP contribution in [0.25, 0.3) is 10.9 Å². The molecule has 0 saturated carbocycles. The van der Waals surface area contributed by atoms with Gasteiger partial charge in [-0.05, 0) is 48.9 Å². The van der Waals surface area contributed by atoms with Gasteiger partial charge in [-0.1, -0.05) is 17.7 Å². The van der Waals surface area contributed by atoms with Gasteiger partial charge in [0.15, 0.2) is 0 Å². The van der Waals surface area contributed by atoms with Crippen LogP contribution in [0, 0.1) is 21.4 Å². The van der Waals surface area contributed by atoms with Gasteiger partial charge in [0.2, 0.25) is 10.0 Å². The van der Waals surface area contributed by atoms with E-state index in [0.29, 0.717) is 16.6 Å². The standard InChI is InChI=1S/C22H17ClN6O4S/c1-14(27-34(32,33)19-6-4-18(5-7-19)29(30)31)22(16-3-9-21(23)25-12-16)28-20-8-2-15(11-24)10-17(20)13-26-28/h2-10,12-14,22,27H,1H3/t14-,22-/m0/s1. The van der Waals surface area contributed by atoms with Gasteiger partial charge in [0.25, 0.3) is 5.69 Å². The number of nitro groups is 1. The summed E-state index contributed by atoms with van der Waals surface area (Å²) in [6.07, 6.45) is 3.14. The molecule has 2 aromatic heterocycles. The number of nitrogens with one attached hydrogen (secondary N) is 1. The fraction of sp³-hybridized carbons (Fsp3) is 0.136. The van der Waals surface area contributed by atoms with E-state index in [0.717, 1.165) is 17.5 Å². The summed E-state index contributed by atoms with van der Waals surface area (Å²) in [6, 6.07) is 13.8. The first-order valence-corrected chi connectivity index (χ1v) is 11.8. The summed E-state index contributed by atoms with van der Waals surface area (Å²) in [5.74, 6) is 0. The van der Waals surface area contributed by atoms with E-state index in [9.17, 15) is 23.8 Å². The molecule has 0 radical (unpaired) electrons. The maximum absolute atomic E-state index is 13.0. The molecule has 0 unspecified atom stereocenters. The molecule has 34 heavy (non-hydrogen) atoms. The van der Waals surface area contributed by atoms with Gasteiger partial charge >= 0.3 is 0 Å². The van der Waals surface area contributed by atoms with Crippen molar-refractivity contribution in [2.75, 3.05) is 0 Å². The van der Waals surface area contributed by atoms with Crippen LogP contribution in [0.1, 0.15) is 24.1 Å². The number of nitrogens with zero attached hydrogens (tertiary/aromatic N) is 5. The first kappa shape index (κ1) is 23.3. The van der Waals surface area contributed by atoms with Crippen LogP contribution in [0.4, 0.5) is 5.69 Å². The number of non-ortho nitro benzene ring substituents is 1. The number of hydrogen-bond donors (Lipinski definition) is 1. The van der Waals surface area contributed by atoms with Crippen molar-refractivity contribution in [3.63, 3.8) is 0 Å². The highest BCUT2D eigenvalue weighted by Gasteiger charge is 2.29. The number of hydrogen-bond acceptors (Lipinski definition) is 7. The van der Waals surface area contributed by atoms with Gasteiger partial charge in [0, 0.05) is 29.8 Å². The van der Waals surface area contributed by atoms with E-state index < -0.39 is 27.0 Å². The second-order valence-corrected chi connectivity index (χ2v) is 9.60. The lowest BCUT2D eigenvalue weighted by Crippen LogP contribution is -2.40. The average molecular weight is 497 g/mol. The van der Waals surface area contributed by atoms with Crippen molar-refractivity contribution in [3.05, 3.63) is 93.4 Å². The Kier molecular flexibility index (Phi) is 6.30. The van der Waals surface area contributed by atoms with Crippen LogP contribution in [0.5, 0.6) is 0 Å². The second kappa shape index (κ2) is 9.18. The van der Waals surface area contributed by atoms with Crippen molar-refractivity contribution in [2.24, 2.45) is 0 Å². The molecule has 10 nitrogen and oxygen atoms in total. The summed E-state index contributed by atoms with van der Waals surface area (Å²) in [4.78, 5) is 14.3. The molecule has 2 heterocycles. The molecule has 0 bridgehead atoms. The summed E-state index contributed by atoms with van der Waals surface area (Å²) in [6.45, 7) is 1.68. The third-order valence-corrected chi connectivity index (χ3v) is 7.05. The number of fused-ring (bicyclic) bond motifs is 1. The van der Waals surface area contributed by atoms with E-state index in [1.165, 1.54) is 12.1 Å². The van der Waals surface area contributed by atoms with Crippen molar-refractivity contribution in [1.82, 2.24) is 19.5 Å². The minimum absolute atomic E-state index is 0.109. The Hall–Kier alpha value is -3.85. The molecule has 0 amide bonds. The smallest absolute Gasteiger partial charge is 0.258 e. The zero-order valence-electron chi connectivity index (χ0n) is 17.7. The molecular weight excluding hydrogens is 480 g/mol. The topological polar surface area (TPSA) is 144 Å². The highest BCUT2D eigenvalue weighted by atomic mass is 35.5. The zero-order chi connectivity index (χ0) is 24.5. The molecule has 2 atom stereocenters. The predicted octanol–water partition coefficient (Wildman–Crippen LogP) is 3.82. The SMILES string of the molecule is C[C@H](NS(=O)(=O)c1ccc([N+](=O)[O-])cc1)[C@@H](c1ccc(Cl)nc1)n1ncc2cc(C#N)ccc21. The summed E-state index contributed by atoms with van der Waals surface area (Å²) in [7, 11) is -4.02. The molecule has 1 N–H and O–H groups in total. The number of aromatic nitrogens is 3. The van der Waals surface area contributed by atoms with Crippen LogP contribution >= 0.6 is 11.6 Å². The van der Waals surface area contributed by atoms with E-state index in [4.69, 9.17) is 11.6 Å². The summed E-state index contributed by atoms with van der Waals surface area (Å²) in [5, 5.41) is 25.5. The Morgan fingerprint density at radius 1 is 1.15 bits per heavy atom. The largest absolute Gasteiger partial charge is 0.269 e. The van der Waals surface area contributed by atoms with Gasteiger partial charge in [-0.15, -0.1) is 0 Å². The summed E-state index contributed by atoms with van der Waals surface area (Å²) < 4.78 is 30.4. The molecule has 4 aromatic rings. The van der Waals surface area contributed by atoms with E-state index in [2.05, 4.69) is 20.9 Å². The fourth-order valence-electron chi connectivity index (χ4n) is 3.67. The molecule has 4 rings (SSSR count). The van der Waals surface area contributed by atoms with Crippen molar-refractivity contribution in [3.8, 4) is 6.07 Å². The van der Waals surface area contributed by atoms with E-state index in [-0.39, 0.29) is 15.7 Å². The Bertz CT molecular complexity index is 1510. The third kappa shape index (κ3) is 4.60. The number of nitro benzene ring substituents is 1. The molecule has 2 aromatic carbocycles. The van der Waals surface area contributed by atoms with Crippen LogP contribution in [0.3, 0.4) is 0 Å². The monoisotopic (exact) mass is 496 g/mol. The van der Waals surface area contributed by atoms with Crippen molar-refractivity contribution < 1.29 is 13.3 Å². The van der Waals surface area contributed by atoms with Gasteiger partial charge in [-0.2, -0.15) is 10.4 Å². The maximum Gasteiger partial charge on any atom is 0.269 e. The lowest BCUT2D eigenvalue weighted by molar-refractivity contribution is -0.384. The first-order chi connectivity index (χ1) is 16.2. The Morgan fingerprint density at radius 3 is 2.50 bits per heavy atom. The number of sulfonamides is 1. The number of pyridine rings is 1. The highest BCUT2D eigenvalue weighted by molar-refractivity contribution is 7.89. The first-order valence-electron chi connectivity index (χ1n) is 9.95. The van der Waals surface area contributed by atoms with Gasteiger partial charge in [0.05, 0.1) is 39.2 Å². The molecule has 0 fully saturated rings. The predicted molar refractivity (Wildman–Crippen MR) is 125 cm³/mol. The van der Waals surface area contributed by atoms with E-state index in [1.54, 1.807) is 54.3 Å². The molecule has 12 heteroatoms. The Morgan fingerprint density at radius 2 is 1.88 bits per heavy atom. The van der Waals surface area contributed by atoms with Crippen molar-refractivity contribution in [2.45, 2.75) is 23.9 Å². The van der Waals surface area contributed by atoms with Crippen LogP contribution in [-0.4, -0.2) is 34.1 Å². The molecule has 172 valence electrons. The minimum atomic E-state index is -4.02. The third-order valence-electron chi connectivity index (χ3n) is 5.25. The van der Waals surface area contributed by atoms with Crippen LogP contribution in [0.15, 0.2) is 71.9 Å². The lowest BCUT2D eigenvalue weighted by Gasteiger charge is -2.26. The van der Waals surface area contributed by atoms with Crippen LogP contribution < -0.4 is 4.72 Å². The normalized spacial score (nSPS) is 13.3. The number of rotatable bonds is 7. The number of nitriles is 1. The molecule has 0 spiro atoms. The number of halogens is 1. The Labute approximate surface area is 199 Å². The quantitative estimate of drug-likeness (QED) is 0.232. The van der Waals surface area contributed by atoms with Gasteiger partial charge in [-0.3, -0.25) is 14.8 Å².